The minimum absolute atomic E-state index is 0. The molecule has 2 amide bonds. The molecule has 6 nitrogen and oxygen atoms in total. The van der Waals surface area contributed by atoms with Gasteiger partial charge in [0.2, 0.25) is 11.8 Å². The lowest BCUT2D eigenvalue weighted by atomic mass is 9.82. The van der Waals surface area contributed by atoms with Crippen molar-refractivity contribution in [3.8, 4) is 0 Å². The number of morpholine rings is 1. The molecule has 0 atom stereocenters. The summed E-state index contributed by atoms with van der Waals surface area (Å²) in [5.41, 5.74) is 5.42. The highest BCUT2D eigenvalue weighted by atomic mass is 35.5. The molecule has 0 bridgehead atoms. The molecule has 1 saturated carbocycles. The zero-order valence-electron chi connectivity index (χ0n) is 12.4. The lowest BCUT2D eigenvalue weighted by Gasteiger charge is -2.32. The number of nitrogens with two attached hydrogens (primary N) is 1. The number of halogens is 1. The maximum atomic E-state index is 12.1. The van der Waals surface area contributed by atoms with Gasteiger partial charge in [-0.25, -0.2) is 0 Å². The molecular formula is C14H26ClN3O3. The third kappa shape index (κ3) is 5.13. The first kappa shape index (κ1) is 18.2. The zero-order valence-corrected chi connectivity index (χ0v) is 13.3. The van der Waals surface area contributed by atoms with Gasteiger partial charge in [-0.15, -0.1) is 12.4 Å². The van der Waals surface area contributed by atoms with E-state index in [1.165, 1.54) is 0 Å². The second-order valence-electron chi connectivity index (χ2n) is 5.72. The van der Waals surface area contributed by atoms with Crippen LogP contribution in [0.5, 0.6) is 0 Å². The molecule has 7 heteroatoms. The molecule has 122 valence electrons. The van der Waals surface area contributed by atoms with Gasteiger partial charge in [0.25, 0.3) is 0 Å². The molecule has 2 rings (SSSR count). The summed E-state index contributed by atoms with van der Waals surface area (Å²) in [5, 5.41) is 2.82. The summed E-state index contributed by atoms with van der Waals surface area (Å²) >= 11 is 0. The van der Waals surface area contributed by atoms with Gasteiger partial charge in [0.05, 0.1) is 18.8 Å². The van der Waals surface area contributed by atoms with Crippen molar-refractivity contribution in [3.05, 3.63) is 0 Å². The first-order valence-corrected chi connectivity index (χ1v) is 7.54. The standard InChI is InChI=1S/C14H25N3O3.ClH/c15-14(5-2-1-3-6-14)13(19)16-7-4-12(18)17-8-10-20-11-9-17;/h1-11,15H2,(H,16,19);1H. The quantitative estimate of drug-likeness (QED) is 0.787. The Morgan fingerprint density at radius 2 is 1.76 bits per heavy atom. The van der Waals surface area contributed by atoms with Crippen molar-refractivity contribution in [2.75, 3.05) is 32.8 Å². The minimum Gasteiger partial charge on any atom is -0.378 e. The van der Waals surface area contributed by atoms with Crippen LogP contribution in [0.1, 0.15) is 38.5 Å². The lowest BCUT2D eigenvalue weighted by molar-refractivity contribution is -0.135. The smallest absolute Gasteiger partial charge is 0.240 e. The van der Waals surface area contributed by atoms with Gasteiger partial charge in [-0.3, -0.25) is 9.59 Å². The van der Waals surface area contributed by atoms with E-state index < -0.39 is 5.54 Å². The van der Waals surface area contributed by atoms with Crippen molar-refractivity contribution in [1.29, 1.82) is 0 Å². The average molecular weight is 320 g/mol. The van der Waals surface area contributed by atoms with E-state index in [-0.39, 0.29) is 24.2 Å². The molecule has 0 aromatic rings. The van der Waals surface area contributed by atoms with Gasteiger partial charge < -0.3 is 20.7 Å². The molecular weight excluding hydrogens is 294 g/mol. The van der Waals surface area contributed by atoms with Gasteiger partial charge in [0.1, 0.15) is 0 Å². The van der Waals surface area contributed by atoms with Crippen LogP contribution in [0.4, 0.5) is 0 Å². The number of hydrogen-bond donors (Lipinski definition) is 2. The number of ether oxygens (including phenoxy) is 1. The van der Waals surface area contributed by atoms with Crippen LogP contribution in [0.15, 0.2) is 0 Å². The highest BCUT2D eigenvalue weighted by molar-refractivity contribution is 5.86. The highest BCUT2D eigenvalue weighted by Crippen LogP contribution is 2.25. The van der Waals surface area contributed by atoms with Gasteiger partial charge in [-0.05, 0) is 12.8 Å². The number of amides is 2. The summed E-state index contributed by atoms with van der Waals surface area (Å²) in [4.78, 5) is 25.8. The van der Waals surface area contributed by atoms with E-state index in [2.05, 4.69) is 5.32 Å². The fraction of sp³-hybridized carbons (Fsp3) is 0.857. The first-order valence-electron chi connectivity index (χ1n) is 7.54. The Kier molecular flexibility index (Phi) is 7.42. The summed E-state index contributed by atoms with van der Waals surface area (Å²) in [5.74, 6) is -0.0321. The Balaban J connectivity index is 0.00000220. The minimum atomic E-state index is -0.722. The van der Waals surface area contributed by atoms with Gasteiger partial charge in [0.15, 0.2) is 0 Å². The maximum absolute atomic E-state index is 12.1. The SMILES string of the molecule is Cl.NC1(C(=O)NCCC(=O)N2CCOCC2)CCCCC1. The summed E-state index contributed by atoms with van der Waals surface area (Å²) in [7, 11) is 0. The first-order chi connectivity index (χ1) is 9.62. The van der Waals surface area contributed by atoms with Crippen LogP contribution in [-0.4, -0.2) is 55.1 Å². The summed E-state index contributed by atoms with van der Waals surface area (Å²) in [6.45, 7) is 2.86. The fourth-order valence-corrected chi connectivity index (χ4v) is 2.84. The number of rotatable bonds is 4. The molecule has 0 aromatic heterocycles. The summed E-state index contributed by atoms with van der Waals surface area (Å²) in [6.07, 6.45) is 5.00. The predicted molar refractivity (Wildman–Crippen MR) is 82.3 cm³/mol. The second-order valence-corrected chi connectivity index (χ2v) is 5.72. The van der Waals surface area contributed by atoms with Crippen LogP contribution in [0.2, 0.25) is 0 Å². The maximum Gasteiger partial charge on any atom is 0.240 e. The van der Waals surface area contributed by atoms with Crippen molar-refractivity contribution in [2.24, 2.45) is 5.73 Å². The molecule has 3 N–H and O–H groups in total. The van der Waals surface area contributed by atoms with Crippen molar-refractivity contribution in [1.82, 2.24) is 10.2 Å². The number of carbonyl (C=O) groups is 2. The van der Waals surface area contributed by atoms with Crippen molar-refractivity contribution < 1.29 is 14.3 Å². The Labute approximate surface area is 132 Å². The predicted octanol–water partition coefficient (Wildman–Crippen LogP) is 0.435. The van der Waals surface area contributed by atoms with E-state index >= 15 is 0 Å². The fourth-order valence-electron chi connectivity index (χ4n) is 2.84. The van der Waals surface area contributed by atoms with E-state index in [4.69, 9.17) is 10.5 Å². The molecule has 21 heavy (non-hydrogen) atoms. The topological polar surface area (TPSA) is 84.7 Å². The van der Waals surface area contributed by atoms with Crippen LogP contribution in [-0.2, 0) is 14.3 Å². The van der Waals surface area contributed by atoms with E-state index in [0.29, 0.717) is 39.3 Å². The van der Waals surface area contributed by atoms with E-state index in [1.54, 1.807) is 4.90 Å². The van der Waals surface area contributed by atoms with Crippen molar-refractivity contribution >= 4 is 24.2 Å². The average Bonchev–Trinajstić information content (AvgIpc) is 2.48. The summed E-state index contributed by atoms with van der Waals surface area (Å²) in [6, 6.07) is 0. The molecule has 1 aliphatic heterocycles. The molecule has 0 unspecified atom stereocenters. The van der Waals surface area contributed by atoms with Crippen LogP contribution in [0.25, 0.3) is 0 Å². The Hall–Kier alpha value is -0.850. The highest BCUT2D eigenvalue weighted by Gasteiger charge is 2.34. The van der Waals surface area contributed by atoms with Crippen LogP contribution >= 0.6 is 12.4 Å². The third-order valence-corrected chi connectivity index (χ3v) is 4.19. The Morgan fingerprint density at radius 1 is 1.14 bits per heavy atom. The number of hydrogen-bond acceptors (Lipinski definition) is 4. The zero-order chi connectivity index (χ0) is 14.4. The second kappa shape index (κ2) is 8.56. The van der Waals surface area contributed by atoms with Crippen molar-refractivity contribution in [3.63, 3.8) is 0 Å². The molecule has 0 spiro atoms. The molecule has 0 radical (unpaired) electrons. The Bertz CT molecular complexity index is 353. The van der Waals surface area contributed by atoms with Gasteiger partial charge >= 0.3 is 0 Å². The monoisotopic (exact) mass is 319 g/mol. The molecule has 2 aliphatic rings. The number of nitrogens with zero attached hydrogens (tertiary/aromatic N) is 1. The third-order valence-electron chi connectivity index (χ3n) is 4.19. The lowest BCUT2D eigenvalue weighted by Crippen LogP contribution is -2.55. The van der Waals surface area contributed by atoms with Gasteiger partial charge in [-0.1, -0.05) is 19.3 Å². The molecule has 2 fully saturated rings. The van der Waals surface area contributed by atoms with Gasteiger partial charge in [-0.2, -0.15) is 0 Å². The van der Waals surface area contributed by atoms with Crippen molar-refractivity contribution in [2.45, 2.75) is 44.1 Å². The van der Waals surface area contributed by atoms with Gasteiger partial charge in [0, 0.05) is 26.1 Å². The van der Waals surface area contributed by atoms with Crippen LogP contribution in [0, 0.1) is 0 Å². The number of nitrogens with one attached hydrogen (secondary N) is 1. The molecule has 1 saturated heterocycles. The van der Waals surface area contributed by atoms with E-state index in [1.807, 2.05) is 0 Å². The molecule has 1 aliphatic carbocycles. The number of carbonyl (C=O) groups excluding carboxylic acids is 2. The van der Waals surface area contributed by atoms with E-state index in [9.17, 15) is 9.59 Å². The van der Waals surface area contributed by atoms with Crippen LogP contribution in [0.3, 0.4) is 0 Å². The molecule has 1 heterocycles. The molecule has 0 aromatic carbocycles. The largest absolute Gasteiger partial charge is 0.378 e. The normalized spacial score (nSPS) is 21.3. The summed E-state index contributed by atoms with van der Waals surface area (Å²) < 4.78 is 5.20. The van der Waals surface area contributed by atoms with Crippen LogP contribution < -0.4 is 11.1 Å². The van der Waals surface area contributed by atoms with E-state index in [0.717, 1.165) is 32.1 Å². The Morgan fingerprint density at radius 3 is 2.38 bits per heavy atom.